The predicted octanol–water partition coefficient (Wildman–Crippen LogP) is 1.06. The fraction of sp³-hybridized carbons (Fsp3) is 0.400. The molecule has 0 radical (unpaired) electrons. The Morgan fingerprint density at radius 2 is 2.36 bits per heavy atom. The molecule has 1 aromatic carbocycles. The van der Waals surface area contributed by atoms with Crippen LogP contribution in [0.25, 0.3) is 0 Å². The van der Waals surface area contributed by atoms with Gasteiger partial charge >= 0.3 is 0 Å². The average molecular weight is 320 g/mol. The van der Waals surface area contributed by atoms with Crippen molar-refractivity contribution < 1.29 is 19.1 Å². The van der Waals surface area contributed by atoms with Crippen molar-refractivity contribution in [3.63, 3.8) is 0 Å². The summed E-state index contributed by atoms with van der Waals surface area (Å²) in [7, 11) is 3.86. The first kappa shape index (κ1) is 13.7. The zero-order valence-electron chi connectivity index (χ0n) is 12.5. The first-order valence-corrected chi connectivity index (χ1v) is 8.13. The molecule has 2 aliphatic rings. The summed E-state index contributed by atoms with van der Waals surface area (Å²) in [6.45, 7) is 1.29. The Kier molecular flexibility index (Phi) is 3.31. The minimum Gasteiger partial charge on any atom is -0.492 e. The van der Waals surface area contributed by atoms with Gasteiger partial charge in [0.25, 0.3) is 0 Å². The van der Waals surface area contributed by atoms with Gasteiger partial charge in [0.1, 0.15) is 0 Å². The van der Waals surface area contributed by atoms with E-state index in [2.05, 4.69) is 23.4 Å². The summed E-state index contributed by atoms with van der Waals surface area (Å²) in [6, 6.07) is 2.09. The standard InChI is InChI=1S/C15H17N3O3S/c1-18-5-3-9-7-10-12(21-8-20-10)13(19-2)11(9)14(18)17-15-16-4-6-22-15/h4,6-7,14H,3,5,8H2,1-2H3,(H,16,17)/p+1/t14-/m0/s1. The van der Waals surface area contributed by atoms with Crippen LogP contribution in [0.3, 0.4) is 0 Å². The minimum absolute atomic E-state index is 0.0827. The van der Waals surface area contributed by atoms with Crippen LogP contribution in [0.2, 0.25) is 0 Å². The van der Waals surface area contributed by atoms with Gasteiger partial charge in [0.05, 0.1) is 26.3 Å². The Morgan fingerprint density at radius 3 is 3.14 bits per heavy atom. The lowest BCUT2D eigenvalue weighted by Gasteiger charge is -2.33. The van der Waals surface area contributed by atoms with E-state index in [-0.39, 0.29) is 13.0 Å². The quantitative estimate of drug-likeness (QED) is 0.886. The molecule has 6 nitrogen and oxygen atoms in total. The lowest BCUT2D eigenvalue weighted by atomic mass is 9.95. The number of hydrogen-bond donors (Lipinski definition) is 2. The van der Waals surface area contributed by atoms with E-state index in [9.17, 15) is 0 Å². The van der Waals surface area contributed by atoms with E-state index in [0.717, 1.165) is 35.2 Å². The van der Waals surface area contributed by atoms with Crippen LogP contribution in [0.1, 0.15) is 17.3 Å². The van der Waals surface area contributed by atoms with Gasteiger partial charge in [-0.3, -0.25) is 0 Å². The highest BCUT2D eigenvalue weighted by atomic mass is 32.1. The lowest BCUT2D eigenvalue weighted by molar-refractivity contribution is -0.910. The van der Waals surface area contributed by atoms with Crippen molar-refractivity contribution in [2.45, 2.75) is 12.6 Å². The van der Waals surface area contributed by atoms with Gasteiger partial charge in [-0.2, -0.15) is 0 Å². The second-order valence-electron chi connectivity index (χ2n) is 5.48. The van der Waals surface area contributed by atoms with Crippen molar-refractivity contribution in [3.05, 3.63) is 28.8 Å². The number of nitrogens with zero attached hydrogens (tertiary/aromatic N) is 1. The molecule has 7 heteroatoms. The van der Waals surface area contributed by atoms with Crippen molar-refractivity contribution >= 4 is 16.5 Å². The monoisotopic (exact) mass is 320 g/mol. The largest absolute Gasteiger partial charge is 0.492 e. The van der Waals surface area contributed by atoms with E-state index >= 15 is 0 Å². The van der Waals surface area contributed by atoms with Crippen molar-refractivity contribution in [2.75, 3.05) is 32.8 Å². The zero-order chi connectivity index (χ0) is 15.1. The number of aromatic nitrogens is 1. The summed E-state index contributed by atoms with van der Waals surface area (Å²) >= 11 is 1.60. The third-order valence-corrected chi connectivity index (χ3v) is 4.92. The van der Waals surface area contributed by atoms with Crippen LogP contribution in [-0.2, 0) is 6.42 Å². The Balaban J connectivity index is 1.82. The molecule has 0 fully saturated rings. The number of hydrogen-bond acceptors (Lipinski definition) is 6. The highest BCUT2D eigenvalue weighted by molar-refractivity contribution is 7.13. The highest BCUT2D eigenvalue weighted by Gasteiger charge is 2.36. The first-order chi connectivity index (χ1) is 10.8. The number of anilines is 1. The average Bonchev–Trinajstić information content (AvgIpc) is 3.19. The normalized spacial score (nSPS) is 22.3. The fourth-order valence-electron chi connectivity index (χ4n) is 3.14. The SMILES string of the molecule is COc1c2c(cc3c1[C@@H](Nc1nccs1)[NH+](C)CC3)OCO2. The Labute approximate surface area is 132 Å². The second-order valence-corrected chi connectivity index (χ2v) is 6.37. The molecular formula is C15H18N3O3S+. The van der Waals surface area contributed by atoms with Gasteiger partial charge in [-0.25, -0.2) is 4.98 Å². The number of likely N-dealkylation sites (N-methyl/N-ethyl adjacent to an activating group) is 1. The smallest absolute Gasteiger partial charge is 0.231 e. The molecule has 4 rings (SSSR count). The number of methoxy groups -OCH3 is 1. The fourth-order valence-corrected chi connectivity index (χ4v) is 3.70. The molecular weight excluding hydrogens is 302 g/mol. The molecule has 3 heterocycles. The van der Waals surface area contributed by atoms with E-state index in [0.29, 0.717) is 5.75 Å². The number of fused-ring (bicyclic) bond motifs is 2. The number of rotatable bonds is 3. The molecule has 2 atom stereocenters. The van der Waals surface area contributed by atoms with Gasteiger partial charge in [0, 0.05) is 18.0 Å². The maximum Gasteiger partial charge on any atom is 0.231 e. The van der Waals surface area contributed by atoms with Crippen LogP contribution in [0.5, 0.6) is 17.2 Å². The Bertz CT molecular complexity index is 690. The van der Waals surface area contributed by atoms with Gasteiger partial charge in [-0.05, 0) is 11.6 Å². The molecule has 0 aliphatic carbocycles. The highest BCUT2D eigenvalue weighted by Crippen LogP contribution is 2.47. The molecule has 2 N–H and O–H groups in total. The molecule has 1 unspecified atom stereocenters. The molecule has 0 bridgehead atoms. The first-order valence-electron chi connectivity index (χ1n) is 7.25. The lowest BCUT2D eigenvalue weighted by Crippen LogP contribution is -3.11. The summed E-state index contributed by atoms with van der Waals surface area (Å²) in [6.07, 6.45) is 2.88. The third kappa shape index (κ3) is 2.08. The summed E-state index contributed by atoms with van der Waals surface area (Å²) in [5.74, 6) is 2.27. The number of thiazole rings is 1. The van der Waals surface area contributed by atoms with E-state index in [1.807, 2.05) is 11.6 Å². The van der Waals surface area contributed by atoms with Gasteiger partial charge in [-0.1, -0.05) is 0 Å². The summed E-state index contributed by atoms with van der Waals surface area (Å²) in [5.41, 5.74) is 2.39. The molecule has 0 spiro atoms. The molecule has 0 saturated carbocycles. The molecule has 2 aliphatic heterocycles. The van der Waals surface area contributed by atoms with E-state index in [1.165, 1.54) is 10.5 Å². The number of benzene rings is 1. The van der Waals surface area contributed by atoms with Crippen molar-refractivity contribution in [3.8, 4) is 17.2 Å². The topological polar surface area (TPSA) is 57.0 Å². The van der Waals surface area contributed by atoms with E-state index in [1.54, 1.807) is 18.4 Å². The Hall–Kier alpha value is -1.99. The molecule has 2 aromatic rings. The van der Waals surface area contributed by atoms with Gasteiger partial charge in [-0.15, -0.1) is 11.3 Å². The van der Waals surface area contributed by atoms with Crippen LogP contribution in [-0.4, -0.2) is 32.5 Å². The zero-order valence-corrected chi connectivity index (χ0v) is 13.3. The van der Waals surface area contributed by atoms with Crippen LogP contribution in [0, 0.1) is 0 Å². The summed E-state index contributed by atoms with van der Waals surface area (Å²) in [5, 5.41) is 6.41. The van der Waals surface area contributed by atoms with Crippen LogP contribution in [0.4, 0.5) is 5.13 Å². The molecule has 116 valence electrons. The van der Waals surface area contributed by atoms with Crippen molar-refractivity contribution in [1.29, 1.82) is 0 Å². The summed E-state index contributed by atoms with van der Waals surface area (Å²) in [4.78, 5) is 5.72. The maximum atomic E-state index is 5.68. The van der Waals surface area contributed by atoms with Crippen LogP contribution in [0.15, 0.2) is 17.6 Å². The van der Waals surface area contributed by atoms with E-state index < -0.39 is 0 Å². The summed E-state index contributed by atoms with van der Waals surface area (Å²) < 4.78 is 16.8. The van der Waals surface area contributed by atoms with Crippen molar-refractivity contribution in [1.82, 2.24) is 4.98 Å². The Morgan fingerprint density at radius 1 is 1.45 bits per heavy atom. The molecule has 1 aromatic heterocycles. The van der Waals surface area contributed by atoms with E-state index in [4.69, 9.17) is 14.2 Å². The number of quaternary nitrogens is 1. The second kappa shape index (κ2) is 5.33. The molecule has 0 amide bonds. The predicted molar refractivity (Wildman–Crippen MR) is 83.1 cm³/mol. The van der Waals surface area contributed by atoms with Gasteiger partial charge < -0.3 is 24.4 Å². The molecule has 22 heavy (non-hydrogen) atoms. The minimum atomic E-state index is 0.0827. The maximum absolute atomic E-state index is 5.68. The van der Waals surface area contributed by atoms with Crippen LogP contribution < -0.4 is 24.4 Å². The number of ether oxygens (including phenoxy) is 3. The molecule has 0 saturated heterocycles. The van der Waals surface area contributed by atoms with Crippen molar-refractivity contribution in [2.24, 2.45) is 0 Å². The van der Waals surface area contributed by atoms with Crippen LogP contribution >= 0.6 is 11.3 Å². The van der Waals surface area contributed by atoms with Gasteiger partial charge in [0.15, 0.2) is 22.8 Å². The number of nitrogens with one attached hydrogen (secondary N) is 2. The van der Waals surface area contributed by atoms with Gasteiger partial charge in [0.2, 0.25) is 12.5 Å². The third-order valence-electron chi connectivity index (χ3n) is 4.22.